The lowest BCUT2D eigenvalue weighted by molar-refractivity contribution is -0.192. The van der Waals surface area contributed by atoms with Crippen LogP contribution < -0.4 is 10.6 Å². The second-order valence-corrected chi connectivity index (χ2v) is 11.7. The number of nitrogens with zero attached hydrogens (tertiary/aromatic N) is 7. The molecule has 0 bridgehead atoms. The number of carboxylic acids is 1. The first-order valence-corrected chi connectivity index (χ1v) is 14.2. The minimum absolute atomic E-state index is 0.214. The molecule has 2 aliphatic heterocycles. The van der Waals surface area contributed by atoms with Gasteiger partial charge >= 0.3 is 12.1 Å². The number of aliphatic hydroxyl groups is 1. The number of carbonyl (C=O) groups is 2. The van der Waals surface area contributed by atoms with Crippen LogP contribution in [0.25, 0.3) is 21.6 Å². The van der Waals surface area contributed by atoms with Crippen LogP contribution in [0.5, 0.6) is 0 Å². The Morgan fingerprint density at radius 3 is 2.16 bits per heavy atom. The van der Waals surface area contributed by atoms with Crippen LogP contribution in [0.15, 0.2) is 12.4 Å². The number of aromatic nitrogens is 4. The van der Waals surface area contributed by atoms with E-state index in [9.17, 15) is 23.1 Å². The smallest absolute Gasteiger partial charge is 0.475 e. The van der Waals surface area contributed by atoms with Gasteiger partial charge < -0.3 is 30.5 Å². The van der Waals surface area contributed by atoms with Crippen molar-refractivity contribution in [2.45, 2.75) is 39.1 Å². The molecule has 5 rings (SSSR count). The number of ether oxygens (including phenoxy) is 1. The highest BCUT2D eigenvalue weighted by molar-refractivity contribution is 7.19. The molecule has 0 aromatic carbocycles. The van der Waals surface area contributed by atoms with Crippen LogP contribution in [0, 0.1) is 6.92 Å². The van der Waals surface area contributed by atoms with Crippen LogP contribution in [0.2, 0.25) is 0 Å². The fourth-order valence-electron chi connectivity index (χ4n) is 4.54. The Labute approximate surface area is 249 Å². The molecule has 13 nitrogen and oxygen atoms in total. The van der Waals surface area contributed by atoms with Gasteiger partial charge in [-0.3, -0.25) is 9.69 Å². The molecule has 4 N–H and O–H groups in total. The maximum atomic E-state index is 12.4. The SMILES string of the molecule is Cc1c(CN2CCN(C(=O)C(C)(C)O)CC2)sc2c(N3CCOCC3)nc(-c3cnc(N)nc3)nc12.O=C(O)C(F)(F)F. The predicted molar refractivity (Wildman–Crippen MR) is 152 cm³/mol. The molecule has 2 fully saturated rings. The number of carboxylic acid groups (broad SMARTS) is 1. The number of amides is 1. The summed E-state index contributed by atoms with van der Waals surface area (Å²) in [5, 5.41) is 17.2. The zero-order valence-corrected chi connectivity index (χ0v) is 24.7. The van der Waals surface area contributed by atoms with E-state index in [-0.39, 0.29) is 11.9 Å². The highest BCUT2D eigenvalue weighted by atomic mass is 32.1. The number of aryl methyl sites for hydroxylation is 1. The van der Waals surface area contributed by atoms with Crippen molar-refractivity contribution in [3.8, 4) is 11.4 Å². The number of halogens is 3. The normalized spacial score (nSPS) is 16.6. The molecule has 0 atom stereocenters. The van der Waals surface area contributed by atoms with Crippen LogP contribution in [0.3, 0.4) is 0 Å². The van der Waals surface area contributed by atoms with Gasteiger partial charge in [-0.15, -0.1) is 11.3 Å². The minimum atomic E-state index is -5.08. The molecule has 1 amide bonds. The first-order chi connectivity index (χ1) is 20.1. The van der Waals surface area contributed by atoms with E-state index in [0.717, 1.165) is 59.9 Å². The Morgan fingerprint density at radius 2 is 1.63 bits per heavy atom. The monoisotopic (exact) mass is 626 g/mol. The zero-order chi connectivity index (χ0) is 31.5. The van der Waals surface area contributed by atoms with Crippen molar-refractivity contribution in [3.05, 3.63) is 22.8 Å². The zero-order valence-electron chi connectivity index (χ0n) is 23.9. The summed E-state index contributed by atoms with van der Waals surface area (Å²) in [5.41, 5.74) is 7.14. The third-order valence-electron chi connectivity index (χ3n) is 6.88. The van der Waals surface area contributed by atoms with E-state index >= 15 is 0 Å². The van der Waals surface area contributed by atoms with Crippen LogP contribution in [-0.2, 0) is 20.9 Å². The molecule has 0 spiro atoms. The summed E-state index contributed by atoms with van der Waals surface area (Å²) >= 11 is 1.73. The average Bonchev–Trinajstić information content (AvgIpc) is 3.27. The Bertz CT molecular complexity index is 1450. The maximum absolute atomic E-state index is 12.4. The van der Waals surface area contributed by atoms with Gasteiger partial charge in [0, 0.05) is 63.1 Å². The molecular weight excluding hydrogens is 593 g/mol. The Kier molecular flexibility index (Phi) is 9.68. The van der Waals surface area contributed by atoms with E-state index in [2.05, 4.69) is 26.7 Å². The molecule has 5 heterocycles. The quantitative estimate of drug-likeness (QED) is 0.377. The summed E-state index contributed by atoms with van der Waals surface area (Å²) in [7, 11) is 0. The average molecular weight is 627 g/mol. The number of anilines is 2. The van der Waals surface area contributed by atoms with Crippen molar-refractivity contribution in [3.63, 3.8) is 0 Å². The number of aliphatic carboxylic acids is 1. The number of fused-ring (bicyclic) bond motifs is 1. The van der Waals surface area contributed by atoms with Gasteiger partial charge in [-0.05, 0) is 26.3 Å². The Balaban J connectivity index is 0.000000541. The summed E-state index contributed by atoms with van der Waals surface area (Å²) in [5.74, 6) is -1.27. The van der Waals surface area contributed by atoms with Crippen LogP contribution in [-0.4, -0.2) is 116 Å². The minimum Gasteiger partial charge on any atom is -0.475 e. The number of rotatable bonds is 5. The van der Waals surface area contributed by atoms with Gasteiger partial charge in [-0.1, -0.05) is 0 Å². The molecule has 3 aromatic heterocycles. The van der Waals surface area contributed by atoms with Gasteiger partial charge in [0.15, 0.2) is 11.6 Å². The van der Waals surface area contributed by atoms with Crippen molar-refractivity contribution >= 4 is 45.2 Å². The predicted octanol–water partition coefficient (Wildman–Crippen LogP) is 1.92. The van der Waals surface area contributed by atoms with Gasteiger partial charge in [0.2, 0.25) is 5.95 Å². The van der Waals surface area contributed by atoms with Crippen molar-refractivity contribution in [1.29, 1.82) is 0 Å². The van der Waals surface area contributed by atoms with E-state index < -0.39 is 17.7 Å². The van der Waals surface area contributed by atoms with Crippen LogP contribution in [0.4, 0.5) is 24.9 Å². The van der Waals surface area contributed by atoms with Crippen molar-refractivity contribution in [2.24, 2.45) is 0 Å². The number of hydrogen-bond donors (Lipinski definition) is 3. The number of hydrogen-bond acceptors (Lipinski definition) is 12. The first kappa shape index (κ1) is 32.2. The lowest BCUT2D eigenvalue weighted by Gasteiger charge is -2.37. The van der Waals surface area contributed by atoms with E-state index in [1.807, 2.05) is 0 Å². The molecule has 0 unspecified atom stereocenters. The number of carbonyl (C=O) groups excluding carboxylic acids is 1. The molecule has 234 valence electrons. The lowest BCUT2D eigenvalue weighted by Crippen LogP contribution is -2.53. The highest BCUT2D eigenvalue weighted by Crippen LogP contribution is 2.38. The van der Waals surface area contributed by atoms with Crippen molar-refractivity contribution < 1.29 is 37.7 Å². The maximum Gasteiger partial charge on any atom is 0.490 e. The third-order valence-corrected chi connectivity index (χ3v) is 8.14. The van der Waals surface area contributed by atoms with Gasteiger partial charge in [-0.2, -0.15) is 13.2 Å². The topological polar surface area (TPSA) is 171 Å². The largest absolute Gasteiger partial charge is 0.490 e. The van der Waals surface area contributed by atoms with Gasteiger partial charge in [0.1, 0.15) is 5.60 Å². The van der Waals surface area contributed by atoms with Crippen LogP contribution in [0.1, 0.15) is 24.3 Å². The first-order valence-electron chi connectivity index (χ1n) is 13.4. The summed E-state index contributed by atoms with van der Waals surface area (Å²) in [6.45, 7) is 11.6. The molecular formula is C26H33F3N8O5S. The number of piperazine rings is 1. The van der Waals surface area contributed by atoms with E-state index in [1.54, 1.807) is 42.5 Å². The molecule has 0 radical (unpaired) electrons. The third kappa shape index (κ3) is 7.84. The Morgan fingerprint density at radius 1 is 1.05 bits per heavy atom. The van der Waals surface area contributed by atoms with E-state index in [0.29, 0.717) is 32.1 Å². The van der Waals surface area contributed by atoms with E-state index in [1.165, 1.54) is 4.88 Å². The highest BCUT2D eigenvalue weighted by Gasteiger charge is 2.38. The second kappa shape index (κ2) is 12.9. The molecule has 2 aliphatic rings. The summed E-state index contributed by atoms with van der Waals surface area (Å²) in [6, 6.07) is 0. The lowest BCUT2D eigenvalue weighted by atomic mass is 10.1. The Hall–Kier alpha value is -3.67. The van der Waals surface area contributed by atoms with Gasteiger partial charge in [0.25, 0.3) is 5.91 Å². The molecule has 43 heavy (non-hydrogen) atoms. The second-order valence-electron chi connectivity index (χ2n) is 10.6. The summed E-state index contributed by atoms with van der Waals surface area (Å²) < 4.78 is 38.4. The summed E-state index contributed by atoms with van der Waals surface area (Å²) in [6.07, 6.45) is -1.77. The molecule has 0 aliphatic carbocycles. The fourth-order valence-corrected chi connectivity index (χ4v) is 5.85. The number of nitrogens with two attached hydrogens (primary N) is 1. The van der Waals surface area contributed by atoms with Crippen molar-refractivity contribution in [1.82, 2.24) is 29.7 Å². The number of morpholine rings is 1. The van der Waals surface area contributed by atoms with E-state index in [4.69, 9.17) is 30.3 Å². The molecule has 17 heteroatoms. The van der Waals surface area contributed by atoms with Crippen LogP contribution >= 0.6 is 11.3 Å². The number of alkyl halides is 3. The fraction of sp³-hybridized carbons (Fsp3) is 0.538. The standard InChI is InChI=1S/C24H32N8O3S.C2HF3O2/c1-15-17(14-30-4-6-32(7-5-30)22(33)24(2,3)34)36-19-18(15)28-20(16-12-26-23(25)27-13-16)29-21(19)31-8-10-35-11-9-31;3-2(4,5)1(6)7/h12-13,34H,4-11,14H2,1-3H3,(H2,25,26,27);(H,6,7). The summed E-state index contributed by atoms with van der Waals surface area (Å²) in [4.78, 5) is 47.0. The number of thiophene rings is 1. The van der Waals surface area contributed by atoms with Gasteiger partial charge in [-0.25, -0.2) is 24.7 Å². The number of nitrogen functional groups attached to an aromatic ring is 1. The van der Waals surface area contributed by atoms with Gasteiger partial charge in [0.05, 0.1) is 29.0 Å². The molecule has 0 saturated carbocycles. The van der Waals surface area contributed by atoms with Crippen molar-refractivity contribution in [2.75, 3.05) is 63.1 Å². The molecule has 3 aromatic rings. The molecule has 2 saturated heterocycles.